The molecule has 93 heavy (non-hydrogen) atoms. The Morgan fingerprint density at radius 1 is 0.376 bits per heavy atom. The summed E-state index contributed by atoms with van der Waals surface area (Å²) in [5.74, 6) is -0.281. The number of ether oxygens (including phenoxy) is 6. The zero-order valence-electron chi connectivity index (χ0n) is 58.3. The minimum atomic E-state index is -1.98. The Labute approximate surface area is 562 Å². The molecule has 3 saturated heterocycles. The fourth-order valence-corrected chi connectivity index (χ4v) is 13.1. The van der Waals surface area contributed by atoms with Gasteiger partial charge in [0.2, 0.25) is 5.91 Å². The molecule has 0 aromatic carbocycles. The van der Waals surface area contributed by atoms with Crippen molar-refractivity contribution in [2.24, 2.45) is 0 Å². The van der Waals surface area contributed by atoms with Crippen molar-refractivity contribution in [1.29, 1.82) is 0 Å². The predicted molar refractivity (Wildman–Crippen MR) is 365 cm³/mol. The molecule has 17 unspecified atom stereocenters. The fourth-order valence-electron chi connectivity index (χ4n) is 13.1. The normalized spacial score (nSPS) is 27.6. The van der Waals surface area contributed by atoms with Gasteiger partial charge in [0.25, 0.3) is 0 Å². The zero-order chi connectivity index (χ0) is 67.5. The summed E-state index contributed by atoms with van der Waals surface area (Å²) in [6, 6.07) is -0.986. The van der Waals surface area contributed by atoms with Crippen LogP contribution in [0, 0.1) is 0 Å². The van der Waals surface area contributed by atoms with Gasteiger partial charge in [-0.05, 0) is 32.1 Å². The number of allylic oxidation sites excluding steroid dienone is 3. The molecule has 3 aliphatic heterocycles. The first-order valence-electron chi connectivity index (χ1n) is 38.1. The number of carbonyl (C=O) groups excluding carboxylic acids is 1. The Balaban J connectivity index is 1.28. The fraction of sp³-hybridized carbons (Fsp3) is 0.932. The lowest BCUT2D eigenvalue weighted by atomic mass is 9.96. The van der Waals surface area contributed by atoms with Crippen LogP contribution in [-0.2, 0) is 33.2 Å². The SMILES string of the molecule is CCCCCCC/C=C/CC/C=C/C(O)C(COC1OC(CO)C(OC2OC(CO)C(OC3OC(CO)C(O)C(O)C3O)C(O)C2O)C(O)C1O)NC(=O)CCCCCCCCCCCCCCCCCCCCCCCCCCCCCCCCCCCCCCC. The molecule has 0 spiro atoms. The summed E-state index contributed by atoms with van der Waals surface area (Å²) >= 11 is 0. The van der Waals surface area contributed by atoms with Gasteiger partial charge in [0.05, 0.1) is 38.6 Å². The molecule has 1 amide bonds. The average Bonchev–Trinajstić information content (AvgIpc) is 0.817. The van der Waals surface area contributed by atoms with Crippen LogP contribution in [0.1, 0.15) is 309 Å². The largest absolute Gasteiger partial charge is 0.394 e. The van der Waals surface area contributed by atoms with Gasteiger partial charge in [0.15, 0.2) is 18.9 Å². The third-order valence-electron chi connectivity index (χ3n) is 19.3. The highest BCUT2D eigenvalue weighted by Gasteiger charge is 2.53. The molecule has 19 heteroatoms. The van der Waals surface area contributed by atoms with Crippen molar-refractivity contribution >= 4 is 5.91 Å². The highest BCUT2D eigenvalue weighted by Crippen LogP contribution is 2.33. The lowest BCUT2D eigenvalue weighted by Crippen LogP contribution is -2.66. The molecule has 0 aromatic heterocycles. The van der Waals surface area contributed by atoms with E-state index in [0.29, 0.717) is 12.8 Å². The lowest BCUT2D eigenvalue weighted by molar-refractivity contribution is -0.379. The number of aliphatic hydroxyl groups is 11. The van der Waals surface area contributed by atoms with E-state index in [1.807, 2.05) is 6.08 Å². The van der Waals surface area contributed by atoms with Crippen LogP contribution in [0.25, 0.3) is 0 Å². The Bertz CT molecular complexity index is 1780. The van der Waals surface area contributed by atoms with Gasteiger partial charge in [-0.15, -0.1) is 0 Å². The summed E-state index contributed by atoms with van der Waals surface area (Å²) in [6.07, 6.45) is 39.4. The third kappa shape index (κ3) is 37.3. The van der Waals surface area contributed by atoms with E-state index < -0.39 is 124 Å². The molecule has 12 N–H and O–H groups in total. The van der Waals surface area contributed by atoms with Crippen LogP contribution < -0.4 is 5.32 Å². The summed E-state index contributed by atoms with van der Waals surface area (Å²) in [5, 5.41) is 120. The summed E-state index contributed by atoms with van der Waals surface area (Å²) in [5.41, 5.74) is 0. The molecule has 17 atom stereocenters. The van der Waals surface area contributed by atoms with Crippen molar-refractivity contribution in [3.05, 3.63) is 24.3 Å². The first kappa shape index (κ1) is 85.5. The average molecular weight is 1330 g/mol. The number of carbonyl (C=O) groups is 1. The molecular weight excluding hydrogens is 1190 g/mol. The van der Waals surface area contributed by atoms with Gasteiger partial charge < -0.3 is 89.9 Å². The molecular formula is C74H139NO18. The number of rotatable bonds is 60. The van der Waals surface area contributed by atoms with Crippen molar-refractivity contribution in [2.75, 3.05) is 26.4 Å². The maximum Gasteiger partial charge on any atom is 0.220 e. The van der Waals surface area contributed by atoms with Crippen molar-refractivity contribution < 1.29 is 89.4 Å². The smallest absolute Gasteiger partial charge is 0.220 e. The second-order valence-corrected chi connectivity index (χ2v) is 27.5. The summed E-state index contributed by atoms with van der Waals surface area (Å²) in [4.78, 5) is 13.4. The van der Waals surface area contributed by atoms with Gasteiger partial charge >= 0.3 is 0 Å². The van der Waals surface area contributed by atoms with E-state index in [-0.39, 0.29) is 18.9 Å². The van der Waals surface area contributed by atoms with Gasteiger partial charge in [-0.2, -0.15) is 0 Å². The van der Waals surface area contributed by atoms with E-state index >= 15 is 0 Å². The molecule has 19 nitrogen and oxygen atoms in total. The molecule has 0 radical (unpaired) electrons. The number of unbranched alkanes of at least 4 members (excludes halogenated alkanes) is 42. The second kappa shape index (κ2) is 56.1. The van der Waals surface area contributed by atoms with Crippen LogP contribution in [0.2, 0.25) is 0 Å². The molecule has 3 aliphatic rings. The minimum absolute atomic E-state index is 0.240. The summed E-state index contributed by atoms with van der Waals surface area (Å²) < 4.78 is 34.3. The molecule has 3 rings (SSSR count). The van der Waals surface area contributed by atoms with Gasteiger partial charge in [0.1, 0.15) is 73.2 Å². The van der Waals surface area contributed by atoms with Crippen molar-refractivity contribution in [2.45, 2.75) is 413 Å². The van der Waals surface area contributed by atoms with E-state index in [1.165, 1.54) is 238 Å². The third-order valence-corrected chi connectivity index (χ3v) is 19.3. The topological polar surface area (TPSA) is 307 Å². The van der Waals surface area contributed by atoms with Crippen molar-refractivity contribution in [3.8, 4) is 0 Å². The summed E-state index contributed by atoms with van der Waals surface area (Å²) in [7, 11) is 0. The first-order valence-corrected chi connectivity index (χ1v) is 38.1. The van der Waals surface area contributed by atoms with Crippen LogP contribution in [-0.4, -0.2) is 193 Å². The van der Waals surface area contributed by atoms with Crippen LogP contribution in [0.4, 0.5) is 0 Å². The Morgan fingerprint density at radius 2 is 0.688 bits per heavy atom. The molecule has 3 fully saturated rings. The molecule has 0 saturated carbocycles. The number of amides is 1. The quantitative estimate of drug-likeness (QED) is 0.0199. The first-order chi connectivity index (χ1) is 45.3. The van der Waals surface area contributed by atoms with Crippen molar-refractivity contribution in [3.63, 3.8) is 0 Å². The van der Waals surface area contributed by atoms with E-state index in [1.54, 1.807) is 6.08 Å². The Morgan fingerprint density at radius 3 is 1.08 bits per heavy atom. The molecule has 0 aromatic rings. The van der Waals surface area contributed by atoms with Crippen LogP contribution in [0.15, 0.2) is 24.3 Å². The van der Waals surface area contributed by atoms with E-state index in [0.717, 1.165) is 38.5 Å². The number of aliphatic hydroxyl groups excluding tert-OH is 11. The van der Waals surface area contributed by atoms with E-state index in [9.17, 15) is 61.0 Å². The highest BCUT2D eigenvalue weighted by molar-refractivity contribution is 5.76. The number of nitrogens with one attached hydrogen (secondary N) is 1. The molecule has 548 valence electrons. The molecule has 0 aliphatic carbocycles. The van der Waals surface area contributed by atoms with Gasteiger partial charge in [-0.1, -0.05) is 295 Å². The molecule has 0 bridgehead atoms. The maximum absolute atomic E-state index is 13.4. The van der Waals surface area contributed by atoms with E-state index in [4.69, 9.17) is 28.4 Å². The van der Waals surface area contributed by atoms with Gasteiger partial charge in [-0.25, -0.2) is 0 Å². The minimum Gasteiger partial charge on any atom is -0.394 e. The maximum atomic E-state index is 13.4. The lowest BCUT2D eigenvalue weighted by Gasteiger charge is -2.48. The highest BCUT2D eigenvalue weighted by atomic mass is 16.8. The number of hydrogen-bond acceptors (Lipinski definition) is 18. The monoisotopic (exact) mass is 1330 g/mol. The van der Waals surface area contributed by atoms with E-state index in [2.05, 4.69) is 31.3 Å². The second-order valence-electron chi connectivity index (χ2n) is 27.5. The summed E-state index contributed by atoms with van der Waals surface area (Å²) in [6.45, 7) is 1.71. The van der Waals surface area contributed by atoms with Crippen molar-refractivity contribution in [1.82, 2.24) is 5.32 Å². The predicted octanol–water partition coefficient (Wildman–Crippen LogP) is 11.4. The van der Waals surface area contributed by atoms with Crippen LogP contribution >= 0.6 is 0 Å². The molecule has 3 heterocycles. The Hall–Kier alpha value is -1.73. The Kier molecular flexibility index (Phi) is 51.5. The van der Waals surface area contributed by atoms with Gasteiger partial charge in [-0.3, -0.25) is 4.79 Å². The van der Waals surface area contributed by atoms with Crippen LogP contribution in [0.5, 0.6) is 0 Å². The number of hydrogen-bond donors (Lipinski definition) is 12. The zero-order valence-corrected chi connectivity index (χ0v) is 58.3. The standard InChI is InChI=1S/C74H139NO18/c1-3-5-7-9-11-13-15-16-17-18-19-20-21-22-23-24-25-26-27-28-29-30-31-32-33-34-35-36-37-38-39-40-42-44-46-48-50-52-62(80)75-57(58(79)51-49-47-45-43-41-14-12-10-8-6-4-2)56-88-72-68(86)65(83)70(60(54-77)90-72)93-74-69(87)66(84)71(61(55-78)91-74)92-73-67(85)64(82)63(81)59(53-76)89-73/h41,43,49,51,57-61,63-74,76-79,81-87H,3-40,42,44-48,50,52-56H2,1-2H3,(H,75,80)/b43-41+,51-49+. The van der Waals surface area contributed by atoms with Crippen LogP contribution in [0.3, 0.4) is 0 Å². The van der Waals surface area contributed by atoms with Gasteiger partial charge in [0, 0.05) is 6.42 Å².